The van der Waals surface area contributed by atoms with E-state index in [0.29, 0.717) is 28.6 Å². The van der Waals surface area contributed by atoms with E-state index in [1.165, 1.54) is 4.57 Å². The van der Waals surface area contributed by atoms with E-state index in [-0.39, 0.29) is 6.54 Å². The molecule has 10 heteroatoms. The molecule has 0 fully saturated rings. The number of hydrogen-bond acceptors (Lipinski definition) is 5. The van der Waals surface area contributed by atoms with Crippen molar-refractivity contribution in [1.82, 2.24) is 14.3 Å². The van der Waals surface area contributed by atoms with Crippen LogP contribution in [0.15, 0.2) is 53.3 Å². The predicted octanol–water partition coefficient (Wildman–Crippen LogP) is 3.38. The van der Waals surface area contributed by atoms with Gasteiger partial charge in [0.1, 0.15) is 18.1 Å². The first-order valence-corrected chi connectivity index (χ1v) is 10.8. The summed E-state index contributed by atoms with van der Waals surface area (Å²) in [7, 11) is 0. The number of aromatic nitrogens is 3. The van der Waals surface area contributed by atoms with Crippen LogP contribution in [0.3, 0.4) is 0 Å². The quantitative estimate of drug-likeness (QED) is 0.437. The lowest BCUT2D eigenvalue weighted by atomic mass is 10.1. The second kappa shape index (κ2) is 10.8. The molecule has 1 atom stereocenters. The first kappa shape index (κ1) is 24.1. The van der Waals surface area contributed by atoms with Gasteiger partial charge >= 0.3 is 17.6 Å². The summed E-state index contributed by atoms with van der Waals surface area (Å²) >= 11 is 6.12. The van der Waals surface area contributed by atoms with Crippen LogP contribution in [0.5, 0.6) is 5.75 Å². The Hall–Kier alpha value is -3.59. The highest BCUT2D eigenvalue weighted by atomic mass is 35.5. The number of nitrogens with zero attached hydrogens (tertiary/aromatic N) is 3. The molecule has 1 heterocycles. The highest BCUT2D eigenvalue weighted by molar-refractivity contribution is 6.31. The van der Waals surface area contributed by atoms with Crippen molar-refractivity contribution in [3.63, 3.8) is 0 Å². The Morgan fingerprint density at radius 3 is 2.42 bits per heavy atom. The summed E-state index contributed by atoms with van der Waals surface area (Å²) in [5.74, 6) is -1.47. The topological polar surface area (TPSA) is 124 Å². The molecule has 0 saturated carbocycles. The number of aliphatic carboxylic acids is 2. The lowest BCUT2D eigenvalue weighted by Crippen LogP contribution is -2.28. The van der Waals surface area contributed by atoms with E-state index in [4.69, 9.17) is 21.4 Å². The Bertz CT molecular complexity index is 1190. The molecule has 2 N–H and O–H groups in total. The third kappa shape index (κ3) is 6.01. The molecule has 0 saturated heterocycles. The molecule has 0 aliphatic rings. The largest absolute Gasteiger partial charge is 0.480 e. The van der Waals surface area contributed by atoms with Gasteiger partial charge in [0.15, 0.2) is 0 Å². The van der Waals surface area contributed by atoms with Gasteiger partial charge in [0.25, 0.3) is 0 Å². The van der Waals surface area contributed by atoms with Crippen molar-refractivity contribution in [2.45, 2.75) is 45.4 Å². The Balaban J connectivity index is 1.81. The van der Waals surface area contributed by atoms with Crippen molar-refractivity contribution in [1.29, 1.82) is 0 Å². The molecule has 0 bridgehead atoms. The van der Waals surface area contributed by atoms with Crippen LogP contribution < -0.4 is 10.4 Å². The fourth-order valence-electron chi connectivity index (χ4n) is 3.32. The van der Waals surface area contributed by atoms with Gasteiger partial charge in [0.05, 0.1) is 6.54 Å². The summed E-state index contributed by atoms with van der Waals surface area (Å²) < 4.78 is 8.07. The second-order valence-electron chi connectivity index (χ2n) is 7.44. The number of hydrogen-bond donors (Lipinski definition) is 2. The van der Waals surface area contributed by atoms with E-state index in [1.807, 2.05) is 6.92 Å². The van der Waals surface area contributed by atoms with E-state index in [1.54, 1.807) is 48.5 Å². The molecule has 3 aromatic rings. The van der Waals surface area contributed by atoms with E-state index < -0.39 is 30.3 Å². The van der Waals surface area contributed by atoms with Gasteiger partial charge in [-0.1, -0.05) is 55.3 Å². The van der Waals surface area contributed by atoms with Crippen molar-refractivity contribution in [3.05, 3.63) is 81.0 Å². The molecule has 1 unspecified atom stereocenters. The summed E-state index contributed by atoms with van der Waals surface area (Å²) in [4.78, 5) is 35.4. The molecule has 2 aromatic carbocycles. The highest BCUT2D eigenvalue weighted by Gasteiger charge is 2.24. The van der Waals surface area contributed by atoms with Crippen molar-refractivity contribution in [3.8, 4) is 5.75 Å². The van der Waals surface area contributed by atoms with Gasteiger partial charge in [-0.3, -0.25) is 9.36 Å². The Kier molecular flexibility index (Phi) is 7.89. The zero-order valence-electron chi connectivity index (χ0n) is 18.0. The molecule has 1 aromatic heterocycles. The van der Waals surface area contributed by atoms with Gasteiger partial charge < -0.3 is 14.9 Å². The van der Waals surface area contributed by atoms with Crippen LogP contribution in [0, 0.1) is 0 Å². The van der Waals surface area contributed by atoms with Crippen LogP contribution in [0.2, 0.25) is 5.02 Å². The third-order valence-corrected chi connectivity index (χ3v) is 5.31. The standard InChI is InChI=1S/C23H24ClN3O6/c1-2-3-8-19-25-27(14-20(28)29)23(32)26(19)13-15-9-11-16(12-10-15)33-21(22(30)31)17-6-4-5-7-18(17)24/h4-7,9-12,21H,2-3,8,13-14H2,1H3,(H,28,29)(H,30,31). The maximum Gasteiger partial charge on any atom is 0.349 e. The molecule has 174 valence electrons. The molecule has 0 aliphatic carbocycles. The summed E-state index contributed by atoms with van der Waals surface area (Å²) in [6.07, 6.45) is 0.997. The molecule has 0 amide bonds. The van der Waals surface area contributed by atoms with E-state index >= 15 is 0 Å². The Morgan fingerprint density at radius 2 is 1.82 bits per heavy atom. The van der Waals surface area contributed by atoms with Gasteiger partial charge in [0.2, 0.25) is 6.10 Å². The average Bonchev–Trinajstić information content (AvgIpc) is 3.06. The molecular formula is C23H24ClN3O6. The van der Waals surface area contributed by atoms with Crippen molar-refractivity contribution < 1.29 is 24.5 Å². The molecule has 33 heavy (non-hydrogen) atoms. The molecular weight excluding hydrogens is 450 g/mol. The minimum absolute atomic E-state index is 0.199. The normalized spacial score (nSPS) is 11.8. The Morgan fingerprint density at radius 1 is 1.12 bits per heavy atom. The van der Waals surface area contributed by atoms with Crippen molar-refractivity contribution in [2.24, 2.45) is 0 Å². The first-order valence-electron chi connectivity index (χ1n) is 10.4. The van der Waals surface area contributed by atoms with E-state index in [2.05, 4.69) is 5.10 Å². The second-order valence-corrected chi connectivity index (χ2v) is 7.85. The summed E-state index contributed by atoms with van der Waals surface area (Å²) in [5.41, 5.74) is 0.601. The number of halogens is 1. The van der Waals surface area contributed by atoms with Gasteiger partial charge in [-0.15, -0.1) is 0 Å². The van der Waals surface area contributed by atoms with Crippen molar-refractivity contribution in [2.75, 3.05) is 0 Å². The maximum absolute atomic E-state index is 12.7. The number of aryl methyl sites for hydroxylation is 1. The zero-order chi connectivity index (χ0) is 24.0. The number of rotatable bonds is 11. The van der Waals surface area contributed by atoms with Crippen LogP contribution in [0.1, 0.15) is 42.8 Å². The van der Waals surface area contributed by atoms with E-state index in [0.717, 1.165) is 23.1 Å². The minimum Gasteiger partial charge on any atom is -0.480 e. The number of carboxylic acids is 2. The van der Waals surface area contributed by atoms with Gasteiger partial charge in [-0.2, -0.15) is 5.10 Å². The van der Waals surface area contributed by atoms with Crippen LogP contribution in [-0.4, -0.2) is 36.5 Å². The van der Waals surface area contributed by atoms with Crippen LogP contribution in [-0.2, 0) is 29.1 Å². The number of ether oxygens (including phenoxy) is 1. The number of unbranched alkanes of at least 4 members (excludes halogenated alkanes) is 1. The molecule has 9 nitrogen and oxygen atoms in total. The fourth-order valence-corrected chi connectivity index (χ4v) is 3.56. The lowest BCUT2D eigenvalue weighted by Gasteiger charge is -2.17. The lowest BCUT2D eigenvalue weighted by molar-refractivity contribution is -0.145. The van der Waals surface area contributed by atoms with Crippen LogP contribution in [0.4, 0.5) is 0 Å². The molecule has 0 radical (unpaired) electrons. The summed E-state index contributed by atoms with van der Waals surface area (Å²) in [6.45, 7) is 1.71. The fraction of sp³-hybridized carbons (Fsp3) is 0.304. The first-order chi connectivity index (χ1) is 15.8. The van der Waals surface area contributed by atoms with Crippen molar-refractivity contribution >= 4 is 23.5 Å². The highest BCUT2D eigenvalue weighted by Crippen LogP contribution is 2.28. The zero-order valence-corrected chi connectivity index (χ0v) is 18.7. The van der Waals surface area contributed by atoms with Gasteiger partial charge in [0, 0.05) is 17.0 Å². The van der Waals surface area contributed by atoms with Crippen LogP contribution >= 0.6 is 11.6 Å². The van der Waals surface area contributed by atoms with Gasteiger partial charge in [-0.05, 0) is 30.2 Å². The number of carbonyl (C=O) groups is 2. The molecule has 0 aliphatic heterocycles. The molecule has 3 rings (SSSR count). The summed E-state index contributed by atoms with van der Waals surface area (Å²) in [6, 6.07) is 13.2. The number of benzene rings is 2. The SMILES string of the molecule is CCCCc1nn(CC(=O)O)c(=O)n1Cc1ccc(OC(C(=O)O)c2ccccc2Cl)cc1. The van der Waals surface area contributed by atoms with Gasteiger partial charge in [-0.25, -0.2) is 14.3 Å². The van der Waals surface area contributed by atoms with E-state index in [9.17, 15) is 19.5 Å². The monoisotopic (exact) mass is 473 g/mol. The Labute approximate surface area is 194 Å². The maximum atomic E-state index is 12.7. The van der Waals surface area contributed by atoms with Crippen LogP contribution in [0.25, 0.3) is 0 Å². The average molecular weight is 474 g/mol. The smallest absolute Gasteiger partial charge is 0.349 e. The predicted molar refractivity (Wildman–Crippen MR) is 121 cm³/mol. The third-order valence-electron chi connectivity index (χ3n) is 4.97. The number of carboxylic acid groups (broad SMARTS) is 2. The molecule has 0 spiro atoms. The minimum atomic E-state index is -1.28. The summed E-state index contributed by atoms with van der Waals surface area (Å²) in [5, 5.41) is 23.1.